The van der Waals surface area contributed by atoms with Crippen molar-refractivity contribution < 1.29 is 9.90 Å². The van der Waals surface area contributed by atoms with Gasteiger partial charge in [0.05, 0.1) is 12.1 Å². The molecule has 1 aromatic rings. The third-order valence-electron chi connectivity index (χ3n) is 4.06. The highest BCUT2D eigenvalue weighted by molar-refractivity contribution is 5.94. The van der Waals surface area contributed by atoms with Crippen molar-refractivity contribution in [1.29, 1.82) is 0 Å². The van der Waals surface area contributed by atoms with Crippen molar-refractivity contribution in [3.8, 4) is 0 Å². The van der Waals surface area contributed by atoms with Crippen molar-refractivity contribution in [2.45, 2.75) is 38.1 Å². The van der Waals surface area contributed by atoms with E-state index in [0.29, 0.717) is 18.4 Å². The zero-order valence-electron chi connectivity index (χ0n) is 11.7. The summed E-state index contributed by atoms with van der Waals surface area (Å²) in [6, 6.07) is 5.70. The van der Waals surface area contributed by atoms with E-state index in [1.807, 2.05) is 30.4 Å². The predicted octanol–water partition coefficient (Wildman–Crippen LogP) is 1.44. The monoisotopic (exact) mass is 272 g/mol. The Morgan fingerprint density at radius 3 is 2.80 bits per heavy atom. The number of carbonyl (C=O) groups is 1. The van der Waals surface area contributed by atoms with Crippen LogP contribution < -0.4 is 5.32 Å². The molecule has 1 aromatic carbocycles. The molecule has 0 saturated heterocycles. The van der Waals surface area contributed by atoms with E-state index in [2.05, 4.69) is 17.3 Å². The summed E-state index contributed by atoms with van der Waals surface area (Å²) in [7, 11) is 2.07. The Balaban J connectivity index is 1.72. The molecule has 0 saturated carbocycles. The quantitative estimate of drug-likeness (QED) is 0.801. The van der Waals surface area contributed by atoms with Gasteiger partial charge in [0.15, 0.2) is 0 Å². The van der Waals surface area contributed by atoms with Crippen LogP contribution >= 0.6 is 0 Å². The SMILES string of the molecule is CN1Cc2ccc(C(=O)NC3CC=CC[C@H]3O)cc2C1. The molecule has 2 atom stereocenters. The van der Waals surface area contributed by atoms with Crippen LogP contribution in [-0.4, -0.2) is 35.1 Å². The molecule has 0 spiro atoms. The minimum absolute atomic E-state index is 0.0956. The van der Waals surface area contributed by atoms with Gasteiger partial charge in [0.2, 0.25) is 0 Å². The second-order valence-corrected chi connectivity index (χ2v) is 5.75. The second-order valence-electron chi connectivity index (χ2n) is 5.75. The van der Waals surface area contributed by atoms with E-state index in [1.165, 1.54) is 11.1 Å². The Bertz CT molecular complexity index is 553. The van der Waals surface area contributed by atoms with E-state index >= 15 is 0 Å². The predicted molar refractivity (Wildman–Crippen MR) is 77.2 cm³/mol. The van der Waals surface area contributed by atoms with E-state index < -0.39 is 6.10 Å². The van der Waals surface area contributed by atoms with Gasteiger partial charge in [-0.05, 0) is 43.1 Å². The highest BCUT2D eigenvalue weighted by Crippen LogP contribution is 2.22. The number of hydrogen-bond acceptors (Lipinski definition) is 3. The molecule has 0 aromatic heterocycles. The minimum atomic E-state index is -0.482. The smallest absolute Gasteiger partial charge is 0.251 e. The first kappa shape index (κ1) is 13.3. The van der Waals surface area contributed by atoms with Gasteiger partial charge in [-0.15, -0.1) is 0 Å². The molecule has 1 aliphatic heterocycles. The second kappa shape index (κ2) is 5.38. The Morgan fingerprint density at radius 2 is 2.00 bits per heavy atom. The number of rotatable bonds is 2. The van der Waals surface area contributed by atoms with E-state index in [1.54, 1.807) is 0 Å². The maximum absolute atomic E-state index is 12.3. The lowest BCUT2D eigenvalue weighted by molar-refractivity contribution is 0.0829. The van der Waals surface area contributed by atoms with Crippen LogP contribution in [-0.2, 0) is 13.1 Å². The molecule has 4 nitrogen and oxygen atoms in total. The summed E-state index contributed by atoms with van der Waals surface area (Å²) < 4.78 is 0. The molecular formula is C16H20N2O2. The van der Waals surface area contributed by atoms with Crippen LogP contribution in [0.2, 0.25) is 0 Å². The van der Waals surface area contributed by atoms with Crippen LogP contribution in [0.4, 0.5) is 0 Å². The van der Waals surface area contributed by atoms with Gasteiger partial charge < -0.3 is 10.4 Å². The molecule has 0 radical (unpaired) electrons. The summed E-state index contributed by atoms with van der Waals surface area (Å²) in [5.41, 5.74) is 3.20. The molecule has 0 bridgehead atoms. The number of hydrogen-bond donors (Lipinski definition) is 2. The van der Waals surface area contributed by atoms with Gasteiger partial charge in [0.1, 0.15) is 0 Å². The minimum Gasteiger partial charge on any atom is -0.391 e. The average Bonchev–Trinajstić information content (AvgIpc) is 2.80. The highest BCUT2D eigenvalue weighted by Gasteiger charge is 2.23. The fraction of sp³-hybridized carbons (Fsp3) is 0.438. The number of benzene rings is 1. The molecule has 3 rings (SSSR count). The summed E-state index contributed by atoms with van der Waals surface area (Å²) in [4.78, 5) is 14.5. The Hall–Kier alpha value is -1.65. The molecule has 1 heterocycles. The lowest BCUT2D eigenvalue weighted by atomic mass is 9.98. The first-order valence-electron chi connectivity index (χ1n) is 7.08. The van der Waals surface area contributed by atoms with Crippen molar-refractivity contribution in [3.05, 3.63) is 47.0 Å². The average molecular weight is 272 g/mol. The summed E-state index contributed by atoms with van der Waals surface area (Å²) in [6.45, 7) is 1.84. The number of aliphatic hydroxyl groups excluding tert-OH is 1. The number of fused-ring (bicyclic) bond motifs is 1. The molecule has 1 aliphatic carbocycles. The standard InChI is InChI=1S/C16H20N2O2/c1-18-9-12-7-6-11(8-13(12)10-18)16(20)17-14-4-2-3-5-15(14)19/h2-3,6-8,14-15,19H,4-5,9-10H2,1H3,(H,17,20)/t14?,15-/m1/s1. The van der Waals surface area contributed by atoms with Crippen molar-refractivity contribution in [2.75, 3.05) is 7.05 Å². The maximum atomic E-state index is 12.3. The van der Waals surface area contributed by atoms with Gasteiger partial charge in [-0.2, -0.15) is 0 Å². The van der Waals surface area contributed by atoms with E-state index in [-0.39, 0.29) is 11.9 Å². The molecule has 2 N–H and O–H groups in total. The summed E-state index contributed by atoms with van der Waals surface area (Å²) in [5.74, 6) is -0.0956. The van der Waals surface area contributed by atoms with Gasteiger partial charge in [-0.1, -0.05) is 18.2 Å². The van der Waals surface area contributed by atoms with Gasteiger partial charge in [0.25, 0.3) is 5.91 Å². The Labute approximate surface area is 119 Å². The van der Waals surface area contributed by atoms with Crippen molar-refractivity contribution in [1.82, 2.24) is 10.2 Å². The molecule has 1 amide bonds. The zero-order valence-corrected chi connectivity index (χ0v) is 11.7. The van der Waals surface area contributed by atoms with Gasteiger partial charge >= 0.3 is 0 Å². The fourth-order valence-electron chi connectivity index (χ4n) is 2.91. The normalized spacial score (nSPS) is 25.5. The van der Waals surface area contributed by atoms with Crippen LogP contribution in [0.15, 0.2) is 30.4 Å². The third kappa shape index (κ3) is 2.62. The van der Waals surface area contributed by atoms with Gasteiger partial charge in [-0.25, -0.2) is 0 Å². The maximum Gasteiger partial charge on any atom is 0.251 e. The van der Waals surface area contributed by atoms with Crippen LogP contribution in [0, 0.1) is 0 Å². The van der Waals surface area contributed by atoms with Gasteiger partial charge in [-0.3, -0.25) is 9.69 Å². The molecule has 1 unspecified atom stereocenters. The molecule has 2 aliphatic rings. The van der Waals surface area contributed by atoms with Crippen molar-refractivity contribution in [2.24, 2.45) is 0 Å². The lowest BCUT2D eigenvalue weighted by Crippen LogP contribution is -2.44. The third-order valence-corrected chi connectivity index (χ3v) is 4.06. The molecular weight excluding hydrogens is 252 g/mol. The van der Waals surface area contributed by atoms with Crippen LogP contribution in [0.5, 0.6) is 0 Å². The lowest BCUT2D eigenvalue weighted by Gasteiger charge is -2.25. The molecule has 106 valence electrons. The van der Waals surface area contributed by atoms with Gasteiger partial charge in [0, 0.05) is 18.7 Å². The van der Waals surface area contributed by atoms with Crippen LogP contribution in [0.25, 0.3) is 0 Å². The van der Waals surface area contributed by atoms with Crippen LogP contribution in [0.3, 0.4) is 0 Å². The zero-order chi connectivity index (χ0) is 14.1. The molecule has 20 heavy (non-hydrogen) atoms. The highest BCUT2D eigenvalue weighted by atomic mass is 16.3. The summed E-state index contributed by atoms with van der Waals surface area (Å²) in [5, 5.41) is 12.8. The fourth-order valence-corrected chi connectivity index (χ4v) is 2.91. The summed E-state index contributed by atoms with van der Waals surface area (Å²) >= 11 is 0. The van der Waals surface area contributed by atoms with Crippen molar-refractivity contribution >= 4 is 5.91 Å². The Kier molecular flexibility index (Phi) is 3.59. The number of aliphatic hydroxyl groups is 1. The Morgan fingerprint density at radius 1 is 1.25 bits per heavy atom. The van der Waals surface area contributed by atoms with E-state index in [9.17, 15) is 9.90 Å². The largest absolute Gasteiger partial charge is 0.391 e. The van der Waals surface area contributed by atoms with Crippen LogP contribution in [0.1, 0.15) is 34.3 Å². The first-order valence-corrected chi connectivity index (χ1v) is 7.08. The molecule has 4 heteroatoms. The number of carbonyl (C=O) groups excluding carboxylic acids is 1. The first-order chi connectivity index (χ1) is 9.63. The topological polar surface area (TPSA) is 52.6 Å². The number of nitrogens with zero attached hydrogens (tertiary/aromatic N) is 1. The number of nitrogens with one attached hydrogen (secondary N) is 1. The number of amides is 1. The molecule has 0 fully saturated rings. The summed E-state index contributed by atoms with van der Waals surface area (Å²) in [6.07, 6.45) is 4.79. The van der Waals surface area contributed by atoms with E-state index in [4.69, 9.17) is 0 Å². The van der Waals surface area contributed by atoms with Crippen molar-refractivity contribution in [3.63, 3.8) is 0 Å². The van der Waals surface area contributed by atoms with E-state index in [0.717, 1.165) is 13.1 Å².